The Bertz CT molecular complexity index is 440. The smallest absolute Gasteiger partial charge is 0.327 e. The van der Waals surface area contributed by atoms with Gasteiger partial charge in [-0.05, 0) is 28.9 Å². The molecule has 1 aromatic rings. The molecule has 0 heterocycles. The zero-order valence-corrected chi connectivity index (χ0v) is 15.4. The fourth-order valence-electron chi connectivity index (χ4n) is 2.96. The zero-order chi connectivity index (χ0) is 16.8. The van der Waals surface area contributed by atoms with Crippen molar-refractivity contribution in [2.24, 2.45) is 5.92 Å². The lowest BCUT2D eigenvalue weighted by molar-refractivity contribution is 0.104. The van der Waals surface area contributed by atoms with E-state index in [1.165, 1.54) is 5.56 Å². The predicted molar refractivity (Wildman–Crippen MR) is 93.6 cm³/mol. The third kappa shape index (κ3) is 5.62. The molecule has 0 saturated heterocycles. The van der Waals surface area contributed by atoms with E-state index in [0.717, 1.165) is 31.2 Å². The molecule has 3 nitrogen and oxygen atoms in total. The lowest BCUT2D eigenvalue weighted by Gasteiger charge is -2.32. The Morgan fingerprint density at radius 2 is 1.77 bits per heavy atom. The second-order valence-electron chi connectivity index (χ2n) is 6.93. The molecule has 2 atom stereocenters. The first-order valence-electron chi connectivity index (χ1n) is 8.25. The Kier molecular flexibility index (Phi) is 7.99. The van der Waals surface area contributed by atoms with Gasteiger partial charge in [-0.1, -0.05) is 78.1 Å². The van der Waals surface area contributed by atoms with E-state index in [1.54, 1.807) is 0 Å². The summed E-state index contributed by atoms with van der Waals surface area (Å²) in [5.74, 6) is 0.299. The summed E-state index contributed by atoms with van der Waals surface area (Å²) in [7, 11) is -2.36. The first kappa shape index (κ1) is 19.6. The van der Waals surface area contributed by atoms with Crippen LogP contribution in [0.4, 0.5) is 0 Å². The summed E-state index contributed by atoms with van der Waals surface area (Å²) in [5.41, 5.74) is 2.30. The van der Waals surface area contributed by atoms with Crippen LogP contribution in [0.15, 0.2) is 24.3 Å². The Balaban J connectivity index is 3.21. The molecule has 126 valence electrons. The second kappa shape index (κ2) is 8.98. The van der Waals surface area contributed by atoms with Crippen LogP contribution in [-0.4, -0.2) is 9.79 Å². The molecular weight excluding hydrogens is 295 g/mol. The van der Waals surface area contributed by atoms with Crippen LogP contribution >= 0.6 is 8.60 Å². The van der Waals surface area contributed by atoms with Gasteiger partial charge in [0.05, 0.1) is 6.10 Å². The number of hydrogen-bond donors (Lipinski definition) is 2. The summed E-state index contributed by atoms with van der Waals surface area (Å²) < 4.78 is 5.60. The Hall–Kier alpha value is -0.470. The number of rotatable bonds is 8. The lowest BCUT2D eigenvalue weighted by atomic mass is 9.79. The molecule has 0 bridgehead atoms. The van der Waals surface area contributed by atoms with Crippen molar-refractivity contribution >= 4 is 8.60 Å². The molecule has 0 aromatic heterocycles. The van der Waals surface area contributed by atoms with Crippen molar-refractivity contribution in [3.63, 3.8) is 0 Å². The highest BCUT2D eigenvalue weighted by atomic mass is 31.2. The summed E-state index contributed by atoms with van der Waals surface area (Å²) in [6, 6.07) is 8.23. The molecular formula is C18H31O3P. The second-order valence-corrected chi connectivity index (χ2v) is 7.64. The average Bonchev–Trinajstić information content (AvgIpc) is 2.45. The fourth-order valence-corrected chi connectivity index (χ4v) is 3.45. The molecule has 0 fully saturated rings. The van der Waals surface area contributed by atoms with Gasteiger partial charge < -0.3 is 14.3 Å². The monoisotopic (exact) mass is 326 g/mol. The molecule has 0 saturated carbocycles. The van der Waals surface area contributed by atoms with Gasteiger partial charge in [-0.3, -0.25) is 0 Å². The van der Waals surface area contributed by atoms with Crippen LogP contribution in [0.1, 0.15) is 77.5 Å². The molecule has 1 aromatic carbocycles. The summed E-state index contributed by atoms with van der Waals surface area (Å²) in [5, 5.41) is 0. The third-order valence-corrected chi connectivity index (χ3v) is 4.58. The summed E-state index contributed by atoms with van der Waals surface area (Å²) >= 11 is 0. The Labute approximate surface area is 136 Å². The van der Waals surface area contributed by atoms with Crippen LogP contribution in [0, 0.1) is 5.92 Å². The van der Waals surface area contributed by atoms with Crippen LogP contribution in [0.3, 0.4) is 0 Å². The van der Waals surface area contributed by atoms with E-state index in [9.17, 15) is 9.79 Å². The summed E-state index contributed by atoms with van der Waals surface area (Å²) in [6.07, 6.45) is 4.02. The molecule has 0 spiro atoms. The largest absolute Gasteiger partial charge is 0.328 e. The zero-order valence-electron chi connectivity index (χ0n) is 14.5. The van der Waals surface area contributed by atoms with Gasteiger partial charge in [-0.2, -0.15) is 0 Å². The van der Waals surface area contributed by atoms with Gasteiger partial charge in [0, 0.05) is 0 Å². The lowest BCUT2D eigenvalue weighted by Crippen LogP contribution is -2.21. The van der Waals surface area contributed by atoms with E-state index >= 15 is 0 Å². The van der Waals surface area contributed by atoms with Gasteiger partial charge in [0.25, 0.3) is 0 Å². The maximum absolute atomic E-state index is 9.45. The van der Waals surface area contributed by atoms with E-state index in [-0.39, 0.29) is 11.5 Å². The maximum Gasteiger partial charge on any atom is 0.327 e. The summed E-state index contributed by atoms with van der Waals surface area (Å²) in [6.45, 7) is 10.9. The molecule has 0 aliphatic heterocycles. The normalized spacial score (nSPS) is 15.1. The topological polar surface area (TPSA) is 49.7 Å². The first-order chi connectivity index (χ1) is 10.3. The molecule has 0 aliphatic rings. The molecule has 1 rings (SSSR count). The van der Waals surface area contributed by atoms with E-state index in [0.29, 0.717) is 5.92 Å². The molecule has 2 N–H and O–H groups in total. The Morgan fingerprint density at radius 1 is 1.14 bits per heavy atom. The standard InChI is InChI=1S/C18H31O3P/c1-6-8-11-14(7-2)17(21-22(19)20)15-12-9-10-13-16(15)18(3,4)5/h9-10,12-14,17,19-20H,6-8,11H2,1-5H3. The van der Waals surface area contributed by atoms with Crippen molar-refractivity contribution in [1.29, 1.82) is 0 Å². The maximum atomic E-state index is 9.45. The van der Waals surface area contributed by atoms with Gasteiger partial charge in [0.15, 0.2) is 0 Å². The highest BCUT2D eigenvalue weighted by Crippen LogP contribution is 2.44. The Morgan fingerprint density at radius 3 is 2.27 bits per heavy atom. The number of hydrogen-bond acceptors (Lipinski definition) is 3. The molecule has 4 heteroatoms. The highest BCUT2D eigenvalue weighted by molar-refractivity contribution is 7.39. The number of unbranched alkanes of at least 4 members (excludes halogenated alkanes) is 1. The van der Waals surface area contributed by atoms with Crippen molar-refractivity contribution in [2.45, 2.75) is 71.8 Å². The molecule has 22 heavy (non-hydrogen) atoms. The minimum Gasteiger partial charge on any atom is -0.328 e. The minimum atomic E-state index is -2.36. The van der Waals surface area contributed by atoms with Gasteiger partial charge in [-0.25, -0.2) is 0 Å². The van der Waals surface area contributed by atoms with Crippen molar-refractivity contribution in [3.8, 4) is 0 Å². The van der Waals surface area contributed by atoms with Crippen LogP contribution in [0.25, 0.3) is 0 Å². The fraction of sp³-hybridized carbons (Fsp3) is 0.667. The van der Waals surface area contributed by atoms with E-state index in [4.69, 9.17) is 4.52 Å². The predicted octanol–water partition coefficient (Wildman–Crippen LogP) is 5.47. The first-order valence-corrected chi connectivity index (χ1v) is 9.41. The van der Waals surface area contributed by atoms with Gasteiger partial charge >= 0.3 is 8.60 Å². The van der Waals surface area contributed by atoms with Crippen LogP contribution in [-0.2, 0) is 9.94 Å². The molecule has 0 amide bonds. The van der Waals surface area contributed by atoms with E-state index < -0.39 is 8.60 Å². The molecule has 2 unspecified atom stereocenters. The summed E-state index contributed by atoms with van der Waals surface area (Å²) in [4.78, 5) is 18.9. The van der Waals surface area contributed by atoms with Crippen LogP contribution in [0.5, 0.6) is 0 Å². The number of benzene rings is 1. The van der Waals surface area contributed by atoms with Gasteiger partial charge in [0.1, 0.15) is 0 Å². The van der Waals surface area contributed by atoms with Crippen molar-refractivity contribution < 1.29 is 14.3 Å². The van der Waals surface area contributed by atoms with Gasteiger partial charge in [-0.15, -0.1) is 0 Å². The van der Waals surface area contributed by atoms with Crippen LogP contribution < -0.4 is 0 Å². The molecule has 0 radical (unpaired) electrons. The van der Waals surface area contributed by atoms with E-state index in [2.05, 4.69) is 46.8 Å². The van der Waals surface area contributed by atoms with E-state index in [1.807, 2.05) is 12.1 Å². The quantitative estimate of drug-likeness (QED) is 0.623. The molecule has 0 aliphatic carbocycles. The average molecular weight is 326 g/mol. The van der Waals surface area contributed by atoms with Crippen molar-refractivity contribution in [2.75, 3.05) is 0 Å². The van der Waals surface area contributed by atoms with Crippen molar-refractivity contribution in [1.82, 2.24) is 0 Å². The SMILES string of the molecule is CCCCC(CC)C(OP(O)O)c1ccccc1C(C)(C)C. The minimum absolute atomic E-state index is 0.00504. The highest BCUT2D eigenvalue weighted by Gasteiger charge is 2.30. The third-order valence-electron chi connectivity index (χ3n) is 4.16. The van der Waals surface area contributed by atoms with Gasteiger partial charge in [0.2, 0.25) is 0 Å². The van der Waals surface area contributed by atoms with Crippen LogP contribution in [0.2, 0.25) is 0 Å². The van der Waals surface area contributed by atoms with Crippen molar-refractivity contribution in [3.05, 3.63) is 35.4 Å².